The minimum Gasteiger partial charge on any atom is -0.394 e. The van der Waals surface area contributed by atoms with Crippen LogP contribution in [0.5, 0.6) is 0 Å². The molecule has 5 N–H and O–H groups in total. The second-order valence-corrected chi connectivity index (χ2v) is 5.99. The summed E-state index contributed by atoms with van der Waals surface area (Å²) in [6.45, 7) is 2.60. The summed E-state index contributed by atoms with van der Waals surface area (Å²) in [5, 5.41) is 25.5. The number of aromatic nitrogens is 4. The summed E-state index contributed by atoms with van der Waals surface area (Å²) < 4.78 is 7.36. The molecule has 1 aliphatic heterocycles. The van der Waals surface area contributed by atoms with Crippen LogP contribution in [-0.2, 0) is 4.74 Å². The molecule has 1 fully saturated rings. The molecule has 0 unspecified atom stereocenters. The molecule has 10 heteroatoms. The number of aliphatic hydroxyl groups is 3. The van der Waals surface area contributed by atoms with Crippen molar-refractivity contribution in [3.63, 3.8) is 0 Å². The zero-order valence-electron chi connectivity index (χ0n) is 15.2. The average molecular weight is 398 g/mol. The number of ether oxygens (including phenoxy) is 1. The van der Waals surface area contributed by atoms with Gasteiger partial charge in [-0.3, -0.25) is 4.57 Å². The summed E-state index contributed by atoms with van der Waals surface area (Å²) in [6.07, 6.45) is 18.5. The molecule has 0 aromatic carbocycles. The maximum atomic E-state index is 9.08. The molecule has 0 spiro atoms. The molecule has 0 saturated carbocycles. The van der Waals surface area contributed by atoms with Gasteiger partial charge in [-0.25, -0.2) is 15.0 Å². The molecule has 2 aromatic heterocycles. The fraction of sp³-hybridized carbons (Fsp3) is 0.471. The van der Waals surface area contributed by atoms with E-state index in [0.717, 1.165) is 12.8 Å². The van der Waals surface area contributed by atoms with Crippen molar-refractivity contribution in [1.29, 1.82) is 0 Å². The lowest BCUT2D eigenvalue weighted by Crippen LogP contribution is -2.15. The van der Waals surface area contributed by atoms with Crippen LogP contribution in [0.3, 0.4) is 0 Å². The van der Waals surface area contributed by atoms with Crippen LogP contribution in [0.1, 0.15) is 32.9 Å². The normalized spacial score (nSPS) is 18.3. The molecular formula is C17H24ClN5O4. The van der Waals surface area contributed by atoms with Gasteiger partial charge in [-0.15, -0.1) is 25.7 Å². The summed E-state index contributed by atoms with van der Waals surface area (Å²) in [5.41, 5.74) is 6.75. The lowest BCUT2D eigenvalue weighted by atomic mass is 10.2. The molecule has 148 valence electrons. The molecule has 0 radical (unpaired) electrons. The second kappa shape index (κ2) is 11.3. The van der Waals surface area contributed by atoms with Crippen LogP contribution >= 0.6 is 11.6 Å². The summed E-state index contributed by atoms with van der Waals surface area (Å²) in [6, 6.07) is 0. The maximum Gasteiger partial charge on any atom is 0.207 e. The van der Waals surface area contributed by atoms with Crippen LogP contribution in [0.25, 0.3) is 11.2 Å². The van der Waals surface area contributed by atoms with Gasteiger partial charge in [0.2, 0.25) is 5.28 Å². The molecule has 1 saturated heterocycles. The first kappa shape index (κ1) is 24.6. The van der Waals surface area contributed by atoms with Gasteiger partial charge in [0.05, 0.1) is 12.7 Å². The SMILES string of the molecule is C#C.C#C.CC(C)(O)O.Nc1ncnc2c1nc(Cl)n2[C@H]1CC[C@@H](CO)O1. The molecule has 2 aromatic rings. The average Bonchev–Trinajstić information content (AvgIpc) is 3.21. The van der Waals surface area contributed by atoms with Crippen molar-refractivity contribution in [2.24, 2.45) is 0 Å². The van der Waals surface area contributed by atoms with Gasteiger partial charge >= 0.3 is 0 Å². The van der Waals surface area contributed by atoms with E-state index < -0.39 is 5.79 Å². The fourth-order valence-electron chi connectivity index (χ4n) is 2.17. The number of hydrogen-bond acceptors (Lipinski definition) is 8. The van der Waals surface area contributed by atoms with Crippen LogP contribution in [0.15, 0.2) is 6.33 Å². The van der Waals surface area contributed by atoms with E-state index in [9.17, 15) is 0 Å². The van der Waals surface area contributed by atoms with Crippen molar-refractivity contribution in [1.82, 2.24) is 19.5 Å². The number of anilines is 1. The third-order valence-electron chi connectivity index (χ3n) is 3.04. The number of imidazole rings is 1. The lowest BCUT2D eigenvalue weighted by molar-refractivity contribution is -0.127. The minimum absolute atomic E-state index is 0.00211. The third kappa shape index (κ3) is 7.39. The van der Waals surface area contributed by atoms with Gasteiger partial charge in [0, 0.05) is 0 Å². The Morgan fingerprint density at radius 1 is 1.26 bits per heavy atom. The van der Waals surface area contributed by atoms with Crippen LogP contribution in [-0.4, -0.2) is 53.3 Å². The maximum absolute atomic E-state index is 9.08. The number of terminal acetylenes is 2. The topological polar surface area (TPSA) is 140 Å². The van der Waals surface area contributed by atoms with Gasteiger partial charge in [0.1, 0.15) is 12.6 Å². The largest absolute Gasteiger partial charge is 0.394 e. The van der Waals surface area contributed by atoms with E-state index in [1.807, 2.05) is 0 Å². The Hall–Kier alpha value is -2.40. The Balaban J connectivity index is 0.000000646. The standard InChI is InChI=1S/C10H12ClN5O2.C3H8O2.2C2H2/c11-10-15-7-8(12)13-4-14-9(7)16(10)6-2-1-5(3-17)18-6;1-3(2,4)5;2*1-2/h4-6,17H,1-3H2,(H2,12,13,14);4-5H,1-2H3;2*1-2H/t5-,6+;;;/m0.../s1. The first-order chi connectivity index (χ1) is 12.7. The number of halogens is 1. The van der Waals surface area contributed by atoms with E-state index in [1.165, 1.54) is 20.2 Å². The summed E-state index contributed by atoms with van der Waals surface area (Å²) in [7, 11) is 0. The van der Waals surface area contributed by atoms with Crippen LogP contribution in [0.4, 0.5) is 5.82 Å². The van der Waals surface area contributed by atoms with E-state index in [2.05, 4.69) is 40.6 Å². The first-order valence-electron chi connectivity index (χ1n) is 7.72. The van der Waals surface area contributed by atoms with Gasteiger partial charge in [-0.2, -0.15) is 0 Å². The van der Waals surface area contributed by atoms with Crippen molar-refractivity contribution in [2.45, 2.75) is 44.8 Å². The van der Waals surface area contributed by atoms with E-state index >= 15 is 0 Å². The molecule has 3 rings (SSSR count). The highest BCUT2D eigenvalue weighted by Gasteiger charge is 2.29. The smallest absolute Gasteiger partial charge is 0.207 e. The molecule has 2 atom stereocenters. The lowest BCUT2D eigenvalue weighted by Gasteiger charge is -2.14. The fourth-order valence-corrected chi connectivity index (χ4v) is 2.44. The molecule has 0 amide bonds. The first-order valence-corrected chi connectivity index (χ1v) is 8.10. The van der Waals surface area contributed by atoms with E-state index in [4.69, 9.17) is 37.4 Å². The monoisotopic (exact) mass is 397 g/mol. The van der Waals surface area contributed by atoms with E-state index in [-0.39, 0.29) is 30.0 Å². The van der Waals surface area contributed by atoms with Gasteiger partial charge < -0.3 is 25.8 Å². The quantitative estimate of drug-likeness (QED) is 0.333. The van der Waals surface area contributed by atoms with Gasteiger partial charge in [0.15, 0.2) is 22.8 Å². The zero-order chi connectivity index (χ0) is 21.2. The Bertz CT molecular complexity index is 742. The molecule has 0 bridgehead atoms. The van der Waals surface area contributed by atoms with Gasteiger partial charge in [-0.1, -0.05) is 0 Å². The number of nitrogens with two attached hydrogens (primary N) is 1. The molecule has 0 aliphatic carbocycles. The van der Waals surface area contributed by atoms with Gasteiger partial charge in [0.25, 0.3) is 0 Å². The van der Waals surface area contributed by atoms with Crippen molar-refractivity contribution in [3.8, 4) is 25.7 Å². The molecule has 3 heterocycles. The highest BCUT2D eigenvalue weighted by Crippen LogP contribution is 2.33. The highest BCUT2D eigenvalue weighted by molar-refractivity contribution is 6.29. The predicted molar refractivity (Wildman–Crippen MR) is 103 cm³/mol. The molecule has 9 nitrogen and oxygen atoms in total. The minimum atomic E-state index is -1.50. The molecular weight excluding hydrogens is 374 g/mol. The number of hydrogen-bond donors (Lipinski definition) is 4. The van der Waals surface area contributed by atoms with Crippen molar-refractivity contribution >= 4 is 28.6 Å². The van der Waals surface area contributed by atoms with Crippen molar-refractivity contribution in [2.75, 3.05) is 12.3 Å². The third-order valence-corrected chi connectivity index (χ3v) is 3.31. The summed E-state index contributed by atoms with van der Waals surface area (Å²) in [5.74, 6) is -1.21. The van der Waals surface area contributed by atoms with Gasteiger partial charge in [-0.05, 0) is 38.3 Å². The van der Waals surface area contributed by atoms with Crippen molar-refractivity contribution in [3.05, 3.63) is 11.6 Å². The number of nitrogens with zero attached hydrogens (tertiary/aromatic N) is 4. The van der Waals surface area contributed by atoms with Crippen LogP contribution in [0.2, 0.25) is 5.28 Å². The Labute approximate surface area is 163 Å². The zero-order valence-corrected chi connectivity index (χ0v) is 15.9. The Morgan fingerprint density at radius 3 is 2.30 bits per heavy atom. The highest BCUT2D eigenvalue weighted by atomic mass is 35.5. The number of nitrogen functional groups attached to an aromatic ring is 1. The van der Waals surface area contributed by atoms with E-state index in [0.29, 0.717) is 11.2 Å². The van der Waals surface area contributed by atoms with E-state index in [1.54, 1.807) is 4.57 Å². The number of rotatable bonds is 2. The Morgan fingerprint density at radius 2 is 1.81 bits per heavy atom. The Kier molecular flexibility index (Phi) is 10.3. The second-order valence-electron chi connectivity index (χ2n) is 5.65. The summed E-state index contributed by atoms with van der Waals surface area (Å²) in [4.78, 5) is 12.2. The van der Waals surface area contributed by atoms with Crippen molar-refractivity contribution < 1.29 is 20.1 Å². The van der Waals surface area contributed by atoms with Crippen LogP contribution in [0, 0.1) is 25.7 Å². The summed E-state index contributed by atoms with van der Waals surface area (Å²) >= 11 is 6.10. The molecule has 27 heavy (non-hydrogen) atoms. The number of aliphatic hydroxyl groups excluding tert-OH is 1. The molecule has 1 aliphatic rings. The number of fused-ring (bicyclic) bond motifs is 1. The van der Waals surface area contributed by atoms with Crippen LogP contribution < -0.4 is 5.73 Å². The predicted octanol–water partition coefficient (Wildman–Crippen LogP) is 0.938.